The molecule has 0 aliphatic rings. The number of ether oxygens (including phenoxy) is 1. The third-order valence-corrected chi connectivity index (χ3v) is 2.06. The van der Waals surface area contributed by atoms with E-state index in [1.165, 1.54) is 0 Å². The number of carbonyl (C=O) groups is 2. The van der Waals surface area contributed by atoms with Crippen molar-refractivity contribution < 1.29 is 14.3 Å². The molecule has 1 rings (SSSR count). The topological polar surface area (TPSA) is 69.4 Å². The summed E-state index contributed by atoms with van der Waals surface area (Å²) >= 11 is 0. The van der Waals surface area contributed by atoms with Gasteiger partial charge in [0.2, 0.25) is 0 Å². The molecule has 4 nitrogen and oxygen atoms in total. The smallest absolute Gasteiger partial charge is 0.170 e. The van der Waals surface area contributed by atoms with Crippen molar-refractivity contribution >= 4 is 17.3 Å². The lowest BCUT2D eigenvalue weighted by molar-refractivity contribution is -0.122. The van der Waals surface area contributed by atoms with Crippen LogP contribution in [0.3, 0.4) is 0 Å². The van der Waals surface area contributed by atoms with Crippen molar-refractivity contribution in [1.29, 1.82) is 0 Å². The van der Waals surface area contributed by atoms with Crippen LogP contribution in [-0.4, -0.2) is 24.8 Å². The van der Waals surface area contributed by atoms with Gasteiger partial charge in [0.05, 0.1) is 6.42 Å². The average molecular weight is 221 g/mol. The van der Waals surface area contributed by atoms with Gasteiger partial charge in [-0.05, 0) is 31.2 Å². The number of benzene rings is 1. The van der Waals surface area contributed by atoms with E-state index in [-0.39, 0.29) is 24.6 Å². The monoisotopic (exact) mass is 221 g/mol. The Hall–Kier alpha value is -1.68. The maximum absolute atomic E-state index is 11.6. The fraction of sp³-hybridized carbons (Fsp3) is 0.333. The molecule has 1 aromatic carbocycles. The van der Waals surface area contributed by atoms with Gasteiger partial charge in [0.15, 0.2) is 11.6 Å². The molecular formula is C12H15NO3. The summed E-state index contributed by atoms with van der Waals surface area (Å²) in [6.07, 6.45) is -0.121. The third-order valence-electron chi connectivity index (χ3n) is 2.06. The van der Waals surface area contributed by atoms with E-state index in [4.69, 9.17) is 10.5 Å². The van der Waals surface area contributed by atoms with Crippen LogP contribution in [0.15, 0.2) is 24.3 Å². The van der Waals surface area contributed by atoms with E-state index < -0.39 is 0 Å². The Morgan fingerprint density at radius 3 is 2.44 bits per heavy atom. The first kappa shape index (κ1) is 12.4. The number of Topliss-reactive ketones (excluding diaryl/α,β-unsaturated/α-hetero) is 2. The Kier molecular flexibility index (Phi) is 4.66. The molecule has 16 heavy (non-hydrogen) atoms. The zero-order valence-electron chi connectivity index (χ0n) is 9.23. The van der Waals surface area contributed by atoms with Gasteiger partial charge in [-0.1, -0.05) is 0 Å². The van der Waals surface area contributed by atoms with Crippen LogP contribution in [0.1, 0.15) is 23.7 Å². The van der Waals surface area contributed by atoms with E-state index in [0.717, 1.165) is 0 Å². The highest BCUT2D eigenvalue weighted by Gasteiger charge is 2.11. The molecule has 0 saturated carbocycles. The van der Waals surface area contributed by atoms with Crippen molar-refractivity contribution in [3.8, 4) is 0 Å². The lowest BCUT2D eigenvalue weighted by atomic mass is 10.1. The second-order valence-electron chi connectivity index (χ2n) is 3.40. The van der Waals surface area contributed by atoms with Crippen LogP contribution in [0, 0.1) is 0 Å². The highest BCUT2D eigenvalue weighted by molar-refractivity contribution is 6.08. The van der Waals surface area contributed by atoms with Crippen LogP contribution in [0.4, 0.5) is 5.69 Å². The number of nitrogen functional groups attached to an aromatic ring is 1. The number of rotatable bonds is 6. The molecule has 0 heterocycles. The minimum atomic E-state index is -0.205. The number of nitrogens with two attached hydrogens (primary N) is 1. The number of anilines is 1. The molecule has 0 aliphatic carbocycles. The van der Waals surface area contributed by atoms with E-state index in [1.807, 2.05) is 0 Å². The van der Waals surface area contributed by atoms with E-state index in [1.54, 1.807) is 31.2 Å². The van der Waals surface area contributed by atoms with Gasteiger partial charge in [0, 0.05) is 17.9 Å². The van der Waals surface area contributed by atoms with Crippen molar-refractivity contribution in [3.05, 3.63) is 29.8 Å². The van der Waals surface area contributed by atoms with Gasteiger partial charge in [-0.3, -0.25) is 9.59 Å². The van der Waals surface area contributed by atoms with Crippen molar-refractivity contribution in [1.82, 2.24) is 0 Å². The molecule has 0 spiro atoms. The SMILES string of the molecule is CCOCC(=O)CC(=O)c1ccc(N)cc1. The first-order valence-corrected chi connectivity index (χ1v) is 5.11. The second-order valence-corrected chi connectivity index (χ2v) is 3.40. The van der Waals surface area contributed by atoms with Crippen molar-refractivity contribution in [2.24, 2.45) is 0 Å². The summed E-state index contributed by atoms with van der Waals surface area (Å²) in [6.45, 7) is 2.27. The molecule has 0 saturated heterocycles. The summed E-state index contributed by atoms with van der Waals surface area (Å²) in [5, 5.41) is 0. The predicted molar refractivity (Wildman–Crippen MR) is 61.3 cm³/mol. The van der Waals surface area contributed by atoms with Gasteiger partial charge in [-0.2, -0.15) is 0 Å². The number of carbonyl (C=O) groups excluding carboxylic acids is 2. The summed E-state index contributed by atoms with van der Waals surface area (Å²) in [6, 6.07) is 6.51. The number of hydrogen-bond acceptors (Lipinski definition) is 4. The molecule has 0 aliphatic heterocycles. The Morgan fingerprint density at radius 2 is 1.88 bits per heavy atom. The predicted octanol–water partition coefficient (Wildman–Crippen LogP) is 1.45. The van der Waals surface area contributed by atoms with Crippen LogP contribution in [0.2, 0.25) is 0 Å². The van der Waals surface area contributed by atoms with Crippen LogP contribution >= 0.6 is 0 Å². The maximum atomic E-state index is 11.6. The Balaban J connectivity index is 2.52. The Labute approximate surface area is 94.4 Å². The molecule has 0 bridgehead atoms. The quantitative estimate of drug-likeness (QED) is 0.448. The fourth-order valence-electron chi connectivity index (χ4n) is 1.22. The molecule has 2 N–H and O–H groups in total. The van der Waals surface area contributed by atoms with Gasteiger partial charge in [-0.15, -0.1) is 0 Å². The first-order chi connectivity index (χ1) is 7.63. The lowest BCUT2D eigenvalue weighted by Crippen LogP contribution is -2.14. The Morgan fingerprint density at radius 1 is 1.25 bits per heavy atom. The van der Waals surface area contributed by atoms with Gasteiger partial charge in [0.1, 0.15) is 6.61 Å². The van der Waals surface area contributed by atoms with Gasteiger partial charge in [0.25, 0.3) is 0 Å². The second kappa shape index (κ2) is 6.02. The minimum absolute atomic E-state index is 0.00277. The molecule has 86 valence electrons. The summed E-state index contributed by atoms with van der Waals surface area (Å²) in [4.78, 5) is 22.9. The summed E-state index contributed by atoms with van der Waals surface area (Å²) in [5.41, 5.74) is 6.59. The third kappa shape index (κ3) is 3.82. The van der Waals surface area contributed by atoms with Crippen molar-refractivity contribution in [3.63, 3.8) is 0 Å². The maximum Gasteiger partial charge on any atom is 0.170 e. The largest absolute Gasteiger partial charge is 0.399 e. The molecular weight excluding hydrogens is 206 g/mol. The van der Waals surface area contributed by atoms with Gasteiger partial charge < -0.3 is 10.5 Å². The van der Waals surface area contributed by atoms with E-state index in [9.17, 15) is 9.59 Å². The van der Waals surface area contributed by atoms with Crippen molar-refractivity contribution in [2.45, 2.75) is 13.3 Å². The fourth-order valence-corrected chi connectivity index (χ4v) is 1.22. The lowest BCUT2D eigenvalue weighted by Gasteiger charge is -2.01. The molecule has 0 aromatic heterocycles. The molecule has 0 unspecified atom stereocenters. The van der Waals surface area contributed by atoms with Gasteiger partial charge in [-0.25, -0.2) is 0 Å². The first-order valence-electron chi connectivity index (χ1n) is 5.11. The van der Waals surface area contributed by atoms with Crippen LogP contribution in [0.5, 0.6) is 0 Å². The summed E-state index contributed by atoms with van der Waals surface area (Å²) in [5.74, 6) is -0.409. The highest BCUT2D eigenvalue weighted by Crippen LogP contribution is 2.08. The zero-order chi connectivity index (χ0) is 12.0. The Bertz CT molecular complexity index is 370. The van der Waals surface area contributed by atoms with E-state index in [0.29, 0.717) is 17.9 Å². The molecule has 0 fully saturated rings. The molecule has 0 amide bonds. The zero-order valence-corrected chi connectivity index (χ0v) is 9.23. The van der Waals surface area contributed by atoms with Crippen molar-refractivity contribution in [2.75, 3.05) is 18.9 Å². The van der Waals surface area contributed by atoms with Gasteiger partial charge >= 0.3 is 0 Å². The van der Waals surface area contributed by atoms with E-state index >= 15 is 0 Å². The molecule has 0 atom stereocenters. The molecule has 0 radical (unpaired) electrons. The normalized spacial score (nSPS) is 10.1. The molecule has 4 heteroatoms. The van der Waals surface area contributed by atoms with Crippen LogP contribution in [0.25, 0.3) is 0 Å². The van der Waals surface area contributed by atoms with Crippen LogP contribution < -0.4 is 5.73 Å². The minimum Gasteiger partial charge on any atom is -0.399 e. The molecule has 1 aromatic rings. The number of hydrogen-bond donors (Lipinski definition) is 1. The highest BCUT2D eigenvalue weighted by atomic mass is 16.5. The van der Waals surface area contributed by atoms with Crippen LogP contribution in [-0.2, 0) is 9.53 Å². The van der Waals surface area contributed by atoms with E-state index in [2.05, 4.69) is 0 Å². The standard InChI is InChI=1S/C12H15NO3/c1-2-16-8-11(14)7-12(15)9-3-5-10(13)6-4-9/h3-6H,2,7-8,13H2,1H3. The average Bonchev–Trinajstić information content (AvgIpc) is 2.27. The summed E-state index contributed by atoms with van der Waals surface area (Å²) in [7, 11) is 0. The summed E-state index contributed by atoms with van der Waals surface area (Å²) < 4.78 is 4.93. The number of ketones is 2.